The summed E-state index contributed by atoms with van der Waals surface area (Å²) in [5, 5.41) is 2.86. The van der Waals surface area contributed by atoms with Gasteiger partial charge in [-0.05, 0) is 38.0 Å². The summed E-state index contributed by atoms with van der Waals surface area (Å²) in [6.07, 6.45) is 1.01. The molecule has 4 heteroatoms. The Morgan fingerprint density at radius 1 is 1.35 bits per heavy atom. The average molecular weight is 238 g/mol. The maximum Gasteiger partial charge on any atom is 0.224 e. The van der Waals surface area contributed by atoms with Crippen molar-refractivity contribution in [1.29, 1.82) is 0 Å². The van der Waals surface area contributed by atoms with Gasteiger partial charge in [0.2, 0.25) is 5.91 Å². The Hall–Kier alpha value is -1.42. The Kier molecular flexibility index (Phi) is 5.10. The van der Waals surface area contributed by atoms with Crippen molar-refractivity contribution in [3.8, 4) is 0 Å². The fourth-order valence-electron chi connectivity index (χ4n) is 1.73. The number of nitrogens with one attached hydrogen (secondary N) is 1. The smallest absolute Gasteiger partial charge is 0.224 e. The second-order valence-electron chi connectivity index (χ2n) is 4.48. The van der Waals surface area contributed by atoms with Gasteiger partial charge in [0, 0.05) is 12.1 Å². The van der Waals surface area contributed by atoms with Gasteiger partial charge in [-0.2, -0.15) is 0 Å². The van der Waals surface area contributed by atoms with Gasteiger partial charge in [-0.25, -0.2) is 4.39 Å². The van der Waals surface area contributed by atoms with Crippen molar-refractivity contribution < 1.29 is 9.18 Å². The number of carbonyl (C=O) groups excluding carboxylic acids is 1. The first kappa shape index (κ1) is 13.6. The van der Waals surface area contributed by atoms with Crippen molar-refractivity contribution in [2.75, 3.05) is 0 Å². The third kappa shape index (κ3) is 5.45. The molecule has 3 N–H and O–H groups in total. The highest BCUT2D eigenvalue weighted by Crippen LogP contribution is 2.04. The van der Waals surface area contributed by atoms with E-state index in [2.05, 4.69) is 5.32 Å². The van der Waals surface area contributed by atoms with Crippen molar-refractivity contribution >= 4 is 5.91 Å². The second-order valence-corrected chi connectivity index (χ2v) is 4.48. The Labute approximate surface area is 101 Å². The molecule has 17 heavy (non-hydrogen) atoms. The van der Waals surface area contributed by atoms with Crippen molar-refractivity contribution in [1.82, 2.24) is 5.32 Å². The molecule has 0 bridgehead atoms. The lowest BCUT2D eigenvalue weighted by Gasteiger charge is -2.15. The van der Waals surface area contributed by atoms with Gasteiger partial charge in [0.15, 0.2) is 0 Å². The maximum atomic E-state index is 12.7. The highest BCUT2D eigenvalue weighted by Gasteiger charge is 2.09. The van der Waals surface area contributed by atoms with Crippen LogP contribution in [0.15, 0.2) is 24.3 Å². The third-order valence-corrected chi connectivity index (χ3v) is 2.41. The molecule has 1 amide bonds. The number of rotatable bonds is 5. The molecule has 2 unspecified atom stereocenters. The number of carbonyl (C=O) groups is 1. The van der Waals surface area contributed by atoms with Gasteiger partial charge in [-0.3, -0.25) is 4.79 Å². The summed E-state index contributed by atoms with van der Waals surface area (Å²) < 4.78 is 12.7. The van der Waals surface area contributed by atoms with Crippen LogP contribution >= 0.6 is 0 Å². The normalized spacial score (nSPS) is 14.1. The van der Waals surface area contributed by atoms with Crippen molar-refractivity contribution in [2.45, 2.75) is 38.8 Å². The Morgan fingerprint density at radius 3 is 2.47 bits per heavy atom. The van der Waals surface area contributed by atoms with E-state index in [1.807, 2.05) is 13.8 Å². The molecule has 0 aromatic heterocycles. The summed E-state index contributed by atoms with van der Waals surface area (Å²) in [7, 11) is 0. The van der Waals surface area contributed by atoms with Crippen LogP contribution in [-0.2, 0) is 11.2 Å². The first-order valence-corrected chi connectivity index (χ1v) is 5.76. The van der Waals surface area contributed by atoms with Gasteiger partial charge in [0.25, 0.3) is 0 Å². The molecule has 0 spiro atoms. The largest absolute Gasteiger partial charge is 0.353 e. The highest BCUT2D eigenvalue weighted by atomic mass is 19.1. The monoisotopic (exact) mass is 238 g/mol. The fourth-order valence-corrected chi connectivity index (χ4v) is 1.73. The summed E-state index contributed by atoms with van der Waals surface area (Å²) >= 11 is 0. The van der Waals surface area contributed by atoms with E-state index in [-0.39, 0.29) is 30.2 Å². The Morgan fingerprint density at radius 2 is 1.94 bits per heavy atom. The van der Waals surface area contributed by atoms with E-state index in [4.69, 9.17) is 5.73 Å². The minimum atomic E-state index is -0.292. The quantitative estimate of drug-likeness (QED) is 0.818. The van der Waals surface area contributed by atoms with Gasteiger partial charge < -0.3 is 11.1 Å². The molecule has 0 aliphatic heterocycles. The van der Waals surface area contributed by atoms with Crippen LogP contribution in [0, 0.1) is 5.82 Å². The van der Waals surface area contributed by atoms with Crippen LogP contribution in [0.4, 0.5) is 4.39 Å². The Balaban J connectivity index is 2.41. The average Bonchev–Trinajstić information content (AvgIpc) is 2.19. The van der Waals surface area contributed by atoms with Crippen LogP contribution in [0.25, 0.3) is 0 Å². The summed E-state index contributed by atoms with van der Waals surface area (Å²) in [6.45, 7) is 3.83. The van der Waals surface area contributed by atoms with E-state index >= 15 is 0 Å². The fraction of sp³-hybridized carbons (Fsp3) is 0.462. The van der Waals surface area contributed by atoms with E-state index in [0.717, 1.165) is 12.0 Å². The third-order valence-electron chi connectivity index (χ3n) is 2.41. The van der Waals surface area contributed by atoms with E-state index in [0.29, 0.717) is 0 Å². The number of halogens is 1. The zero-order valence-electron chi connectivity index (χ0n) is 10.2. The number of amides is 1. The second kappa shape index (κ2) is 6.35. The van der Waals surface area contributed by atoms with Gasteiger partial charge in [0.1, 0.15) is 5.82 Å². The summed E-state index contributed by atoms with van der Waals surface area (Å²) in [5.41, 5.74) is 6.45. The molecule has 1 aromatic rings. The maximum absolute atomic E-state index is 12.7. The van der Waals surface area contributed by atoms with Crippen LogP contribution in [0.2, 0.25) is 0 Å². The minimum Gasteiger partial charge on any atom is -0.353 e. The topological polar surface area (TPSA) is 55.1 Å². The molecule has 1 rings (SSSR count). The highest BCUT2D eigenvalue weighted by molar-refractivity contribution is 5.78. The van der Waals surface area contributed by atoms with Gasteiger partial charge >= 0.3 is 0 Å². The van der Waals surface area contributed by atoms with Crippen LogP contribution in [0.1, 0.15) is 25.8 Å². The molecular weight excluding hydrogens is 219 g/mol. The molecule has 0 saturated heterocycles. The molecule has 0 aliphatic carbocycles. The zero-order chi connectivity index (χ0) is 12.8. The van der Waals surface area contributed by atoms with Crippen molar-refractivity contribution in [2.24, 2.45) is 5.73 Å². The van der Waals surface area contributed by atoms with Gasteiger partial charge in [0.05, 0.1) is 6.42 Å². The lowest BCUT2D eigenvalue weighted by molar-refractivity contribution is -0.121. The SMILES string of the molecule is CC(N)CC(C)NC(=O)Cc1ccc(F)cc1. The predicted molar refractivity (Wildman–Crippen MR) is 66.0 cm³/mol. The van der Waals surface area contributed by atoms with Crippen LogP contribution in [-0.4, -0.2) is 18.0 Å². The van der Waals surface area contributed by atoms with Gasteiger partial charge in [-0.15, -0.1) is 0 Å². The van der Waals surface area contributed by atoms with Crippen LogP contribution < -0.4 is 11.1 Å². The summed E-state index contributed by atoms with van der Waals surface area (Å²) in [6, 6.07) is 6.07. The van der Waals surface area contributed by atoms with Crippen molar-refractivity contribution in [3.05, 3.63) is 35.6 Å². The van der Waals surface area contributed by atoms with Crippen LogP contribution in [0.5, 0.6) is 0 Å². The molecule has 3 nitrogen and oxygen atoms in total. The number of hydrogen-bond donors (Lipinski definition) is 2. The van der Waals surface area contributed by atoms with E-state index in [1.165, 1.54) is 12.1 Å². The molecule has 0 heterocycles. The molecular formula is C13H19FN2O. The number of nitrogens with two attached hydrogens (primary N) is 1. The van der Waals surface area contributed by atoms with E-state index < -0.39 is 0 Å². The molecule has 0 radical (unpaired) electrons. The zero-order valence-corrected chi connectivity index (χ0v) is 10.2. The standard InChI is InChI=1S/C13H19FN2O/c1-9(15)7-10(2)16-13(17)8-11-3-5-12(14)6-4-11/h3-6,9-10H,7-8,15H2,1-2H3,(H,16,17). The molecule has 0 aliphatic rings. The lowest BCUT2D eigenvalue weighted by atomic mass is 10.1. The van der Waals surface area contributed by atoms with E-state index in [9.17, 15) is 9.18 Å². The van der Waals surface area contributed by atoms with Gasteiger partial charge in [-0.1, -0.05) is 12.1 Å². The minimum absolute atomic E-state index is 0.0583. The molecule has 0 fully saturated rings. The lowest BCUT2D eigenvalue weighted by Crippen LogP contribution is -2.37. The van der Waals surface area contributed by atoms with Crippen molar-refractivity contribution in [3.63, 3.8) is 0 Å². The first-order valence-electron chi connectivity index (χ1n) is 5.76. The Bertz CT molecular complexity index is 362. The number of hydrogen-bond acceptors (Lipinski definition) is 2. The number of benzene rings is 1. The molecule has 0 saturated carbocycles. The first-order chi connectivity index (χ1) is 7.97. The predicted octanol–water partition coefficient (Wildman–Crippen LogP) is 1.61. The molecule has 2 atom stereocenters. The summed E-state index contributed by atoms with van der Waals surface area (Å²) in [4.78, 5) is 11.6. The van der Waals surface area contributed by atoms with E-state index in [1.54, 1.807) is 12.1 Å². The summed E-state index contributed by atoms with van der Waals surface area (Å²) in [5.74, 6) is -0.357. The molecule has 1 aromatic carbocycles. The molecule has 94 valence electrons. The van der Waals surface area contributed by atoms with Crippen LogP contribution in [0.3, 0.4) is 0 Å².